The first-order valence-corrected chi connectivity index (χ1v) is 9.09. The zero-order valence-electron chi connectivity index (χ0n) is 17.4. The molecule has 30 heavy (non-hydrogen) atoms. The number of hydrogen-bond acceptors (Lipinski definition) is 5. The van der Waals surface area contributed by atoms with Crippen LogP contribution in [0.5, 0.6) is 11.5 Å². The first-order valence-electron chi connectivity index (χ1n) is 9.09. The third-order valence-electron chi connectivity index (χ3n) is 4.03. The quantitative estimate of drug-likeness (QED) is 0.253. The van der Waals surface area contributed by atoms with E-state index in [2.05, 4.69) is 13.2 Å². The minimum Gasteiger partial charge on any atom is -0.459 e. The van der Waals surface area contributed by atoms with Gasteiger partial charge in [0.1, 0.15) is 17.3 Å². The Kier molecular flexibility index (Phi) is 7.31. The number of allylic oxidation sites excluding steroid dienone is 2. The number of rotatable bonds is 7. The normalized spacial score (nSPS) is 11.2. The van der Waals surface area contributed by atoms with Gasteiger partial charge in [-0.3, -0.25) is 0 Å². The standard InChI is InChI=1S/C24H23FO5/c1-14(2)23(26)29-17(6)16(5)28-20-10-7-18(8-11-20)19-9-12-22(21(25)13-19)30-24(27)15(3)4/h7-13H,1,3H2,2,4-6H3/b17-16+. The van der Waals surface area contributed by atoms with Gasteiger partial charge in [0.05, 0.1) is 0 Å². The third kappa shape index (κ3) is 5.91. The van der Waals surface area contributed by atoms with E-state index in [4.69, 9.17) is 14.2 Å². The molecular weight excluding hydrogens is 387 g/mol. The maximum atomic E-state index is 14.3. The summed E-state index contributed by atoms with van der Waals surface area (Å²) in [7, 11) is 0. The molecule has 0 unspecified atom stereocenters. The molecule has 5 nitrogen and oxygen atoms in total. The summed E-state index contributed by atoms with van der Waals surface area (Å²) >= 11 is 0. The van der Waals surface area contributed by atoms with E-state index in [0.29, 0.717) is 28.4 Å². The van der Waals surface area contributed by atoms with Crippen LogP contribution in [0.1, 0.15) is 27.7 Å². The summed E-state index contributed by atoms with van der Waals surface area (Å²) < 4.78 is 30.0. The Bertz CT molecular complexity index is 1030. The molecule has 0 saturated heterocycles. The van der Waals surface area contributed by atoms with Gasteiger partial charge in [0.15, 0.2) is 11.6 Å². The Morgan fingerprint density at radius 3 is 1.87 bits per heavy atom. The molecule has 0 fully saturated rings. The summed E-state index contributed by atoms with van der Waals surface area (Å²) in [4.78, 5) is 23.1. The largest absolute Gasteiger partial charge is 0.459 e. The topological polar surface area (TPSA) is 61.8 Å². The van der Waals surface area contributed by atoms with E-state index < -0.39 is 17.8 Å². The van der Waals surface area contributed by atoms with Gasteiger partial charge in [-0.2, -0.15) is 0 Å². The molecule has 2 rings (SSSR count). The number of halogens is 1. The minimum absolute atomic E-state index is 0.160. The Hall–Kier alpha value is -3.67. The summed E-state index contributed by atoms with van der Waals surface area (Å²) in [6, 6.07) is 11.2. The fourth-order valence-corrected chi connectivity index (χ4v) is 2.21. The highest BCUT2D eigenvalue weighted by atomic mass is 19.1. The summed E-state index contributed by atoms with van der Waals surface area (Å²) in [5.41, 5.74) is 1.82. The van der Waals surface area contributed by atoms with Crippen molar-refractivity contribution in [2.24, 2.45) is 0 Å². The van der Waals surface area contributed by atoms with E-state index in [1.165, 1.54) is 19.1 Å². The van der Waals surface area contributed by atoms with E-state index >= 15 is 0 Å². The molecule has 2 aromatic carbocycles. The monoisotopic (exact) mass is 410 g/mol. The van der Waals surface area contributed by atoms with Gasteiger partial charge in [0.2, 0.25) is 0 Å². The molecule has 156 valence electrons. The van der Waals surface area contributed by atoms with Crippen LogP contribution in [-0.2, 0) is 14.3 Å². The van der Waals surface area contributed by atoms with Crippen molar-refractivity contribution >= 4 is 11.9 Å². The molecule has 0 aromatic heterocycles. The summed E-state index contributed by atoms with van der Waals surface area (Å²) in [5.74, 6) is -0.750. The van der Waals surface area contributed by atoms with Crippen LogP contribution in [0.15, 0.2) is 78.3 Å². The second-order valence-corrected chi connectivity index (χ2v) is 6.72. The lowest BCUT2D eigenvalue weighted by molar-refractivity contribution is -0.135. The molecule has 0 amide bonds. The highest BCUT2D eigenvalue weighted by Gasteiger charge is 2.12. The first kappa shape index (κ1) is 22.6. The van der Waals surface area contributed by atoms with Gasteiger partial charge >= 0.3 is 11.9 Å². The summed E-state index contributed by atoms with van der Waals surface area (Å²) in [6.07, 6.45) is 0. The van der Waals surface area contributed by atoms with E-state index in [1.54, 1.807) is 51.1 Å². The van der Waals surface area contributed by atoms with Gasteiger partial charge in [0, 0.05) is 11.1 Å². The molecule has 2 aromatic rings. The average molecular weight is 410 g/mol. The fraction of sp³-hybridized carbons (Fsp3) is 0.167. The maximum Gasteiger partial charge on any atom is 0.338 e. The number of esters is 2. The zero-order chi connectivity index (χ0) is 22.4. The SMILES string of the molecule is C=C(C)C(=O)O/C(C)=C(\C)Oc1ccc(-c2ccc(OC(=O)C(=C)C)c(F)c2)cc1. The van der Waals surface area contributed by atoms with Gasteiger partial charge in [-0.15, -0.1) is 0 Å². The smallest absolute Gasteiger partial charge is 0.338 e. The molecule has 0 aliphatic rings. The van der Waals surface area contributed by atoms with Crippen LogP contribution in [0.2, 0.25) is 0 Å². The minimum atomic E-state index is -0.684. The van der Waals surface area contributed by atoms with Crippen molar-refractivity contribution in [2.45, 2.75) is 27.7 Å². The van der Waals surface area contributed by atoms with Crippen molar-refractivity contribution in [2.75, 3.05) is 0 Å². The number of hydrogen-bond donors (Lipinski definition) is 0. The van der Waals surface area contributed by atoms with Gasteiger partial charge in [-0.1, -0.05) is 31.4 Å². The van der Waals surface area contributed by atoms with Crippen LogP contribution in [0.25, 0.3) is 11.1 Å². The average Bonchev–Trinajstić information content (AvgIpc) is 2.69. The van der Waals surface area contributed by atoms with E-state index in [0.717, 1.165) is 5.56 Å². The molecule has 0 aliphatic carbocycles. The van der Waals surface area contributed by atoms with E-state index in [9.17, 15) is 14.0 Å². The van der Waals surface area contributed by atoms with Gasteiger partial charge in [0.25, 0.3) is 0 Å². The molecule has 0 aliphatic heterocycles. The van der Waals surface area contributed by atoms with Crippen molar-refractivity contribution in [1.82, 2.24) is 0 Å². The highest BCUT2D eigenvalue weighted by Crippen LogP contribution is 2.28. The number of carbonyl (C=O) groups excluding carboxylic acids is 2. The molecular formula is C24H23FO5. The summed E-state index contributed by atoms with van der Waals surface area (Å²) in [5, 5.41) is 0. The van der Waals surface area contributed by atoms with Crippen LogP contribution < -0.4 is 9.47 Å². The predicted molar refractivity (Wildman–Crippen MR) is 112 cm³/mol. The van der Waals surface area contributed by atoms with Crippen LogP contribution in [-0.4, -0.2) is 11.9 Å². The molecule has 0 heterocycles. The second kappa shape index (κ2) is 9.69. The van der Waals surface area contributed by atoms with Crippen molar-refractivity contribution < 1.29 is 28.2 Å². The van der Waals surface area contributed by atoms with Gasteiger partial charge < -0.3 is 14.2 Å². The molecule has 0 N–H and O–H groups in total. The fourth-order valence-electron chi connectivity index (χ4n) is 2.21. The Balaban J connectivity index is 2.13. The van der Waals surface area contributed by atoms with E-state index in [-0.39, 0.29) is 11.3 Å². The second-order valence-electron chi connectivity index (χ2n) is 6.72. The van der Waals surface area contributed by atoms with Crippen molar-refractivity contribution in [3.8, 4) is 22.6 Å². The van der Waals surface area contributed by atoms with Crippen molar-refractivity contribution in [3.63, 3.8) is 0 Å². The Morgan fingerprint density at radius 1 is 0.767 bits per heavy atom. The van der Waals surface area contributed by atoms with Crippen LogP contribution in [0, 0.1) is 5.82 Å². The third-order valence-corrected chi connectivity index (χ3v) is 4.03. The molecule has 6 heteroatoms. The molecule has 0 spiro atoms. The van der Waals surface area contributed by atoms with Gasteiger partial charge in [-0.05, 0) is 63.1 Å². The highest BCUT2D eigenvalue weighted by molar-refractivity contribution is 5.89. The Morgan fingerprint density at radius 2 is 1.33 bits per heavy atom. The van der Waals surface area contributed by atoms with Crippen LogP contribution >= 0.6 is 0 Å². The zero-order valence-corrected chi connectivity index (χ0v) is 17.4. The van der Waals surface area contributed by atoms with Gasteiger partial charge in [-0.25, -0.2) is 14.0 Å². The van der Waals surface area contributed by atoms with Crippen molar-refractivity contribution in [3.05, 3.63) is 84.1 Å². The molecule has 0 bridgehead atoms. The Labute approximate surface area is 175 Å². The van der Waals surface area contributed by atoms with Crippen molar-refractivity contribution in [1.29, 1.82) is 0 Å². The first-order chi connectivity index (χ1) is 14.1. The molecule has 0 atom stereocenters. The van der Waals surface area contributed by atoms with Crippen LogP contribution in [0.3, 0.4) is 0 Å². The lowest BCUT2D eigenvalue weighted by atomic mass is 10.1. The number of carbonyl (C=O) groups is 2. The lowest BCUT2D eigenvalue weighted by Crippen LogP contribution is -2.09. The molecule has 0 saturated carbocycles. The lowest BCUT2D eigenvalue weighted by Gasteiger charge is -2.11. The van der Waals surface area contributed by atoms with E-state index in [1.807, 2.05) is 0 Å². The van der Waals surface area contributed by atoms with Crippen LogP contribution in [0.4, 0.5) is 4.39 Å². The number of benzene rings is 2. The maximum absolute atomic E-state index is 14.3. The number of ether oxygens (including phenoxy) is 3. The predicted octanol–water partition coefficient (Wildman–Crippen LogP) is 5.72. The molecule has 0 radical (unpaired) electrons. The summed E-state index contributed by atoms with van der Waals surface area (Å²) in [6.45, 7) is 13.3.